The van der Waals surface area contributed by atoms with Crippen molar-refractivity contribution < 1.29 is 9.53 Å². The maximum atomic E-state index is 12.1. The summed E-state index contributed by atoms with van der Waals surface area (Å²) < 4.78 is 7.23. The van der Waals surface area contributed by atoms with Gasteiger partial charge in [0.25, 0.3) is 0 Å². The van der Waals surface area contributed by atoms with Crippen LogP contribution in [0.4, 0.5) is 0 Å². The molecule has 0 aromatic carbocycles. The molecule has 1 aliphatic carbocycles. The number of Topliss-reactive ketones (excluding diaryl/α,β-unsaturated/α-hetero) is 1. The summed E-state index contributed by atoms with van der Waals surface area (Å²) >= 11 is 0. The first kappa shape index (κ1) is 13.3. The Morgan fingerprint density at radius 1 is 1.61 bits per heavy atom. The van der Waals surface area contributed by atoms with E-state index in [-0.39, 0.29) is 11.9 Å². The van der Waals surface area contributed by atoms with E-state index >= 15 is 0 Å². The average molecular weight is 250 g/mol. The molecule has 1 saturated carbocycles. The molecule has 0 N–H and O–H groups in total. The van der Waals surface area contributed by atoms with E-state index in [1.54, 1.807) is 7.11 Å². The van der Waals surface area contributed by atoms with Gasteiger partial charge in [0, 0.05) is 19.3 Å². The molecule has 0 saturated heterocycles. The molecular weight excluding hydrogens is 228 g/mol. The van der Waals surface area contributed by atoms with Crippen LogP contribution in [0.15, 0.2) is 12.3 Å². The third-order valence-corrected chi connectivity index (χ3v) is 3.68. The van der Waals surface area contributed by atoms with Gasteiger partial charge in [-0.1, -0.05) is 6.92 Å². The van der Waals surface area contributed by atoms with Gasteiger partial charge in [0.05, 0.1) is 12.1 Å². The highest BCUT2D eigenvalue weighted by Crippen LogP contribution is 2.34. The SMILES string of the molecule is CCC(C)n1ccc(CC(=O)C(OC)C2CC2)n1. The summed E-state index contributed by atoms with van der Waals surface area (Å²) in [6.07, 6.45) is 5.39. The van der Waals surface area contributed by atoms with E-state index in [0.717, 1.165) is 25.0 Å². The van der Waals surface area contributed by atoms with Gasteiger partial charge in [-0.15, -0.1) is 0 Å². The van der Waals surface area contributed by atoms with Crippen molar-refractivity contribution in [1.82, 2.24) is 9.78 Å². The molecule has 1 aromatic heterocycles. The number of hydrogen-bond acceptors (Lipinski definition) is 3. The van der Waals surface area contributed by atoms with Crippen LogP contribution in [0.25, 0.3) is 0 Å². The summed E-state index contributed by atoms with van der Waals surface area (Å²) in [5.74, 6) is 0.605. The molecule has 4 nitrogen and oxygen atoms in total. The summed E-state index contributed by atoms with van der Waals surface area (Å²) in [7, 11) is 1.62. The number of carbonyl (C=O) groups is 1. The molecule has 0 radical (unpaired) electrons. The van der Waals surface area contributed by atoms with Crippen molar-refractivity contribution in [1.29, 1.82) is 0 Å². The summed E-state index contributed by atoms with van der Waals surface area (Å²) in [5.41, 5.74) is 0.850. The molecule has 2 rings (SSSR count). The molecule has 2 atom stereocenters. The van der Waals surface area contributed by atoms with Crippen LogP contribution in [0.3, 0.4) is 0 Å². The summed E-state index contributed by atoms with van der Waals surface area (Å²) in [5, 5.41) is 4.46. The fourth-order valence-electron chi connectivity index (χ4n) is 2.17. The Bertz CT molecular complexity index is 410. The summed E-state index contributed by atoms with van der Waals surface area (Å²) in [4.78, 5) is 12.1. The molecule has 0 bridgehead atoms. The number of ketones is 1. The normalized spacial score (nSPS) is 18.6. The Labute approximate surface area is 108 Å². The van der Waals surface area contributed by atoms with Gasteiger partial charge in [-0.3, -0.25) is 9.48 Å². The van der Waals surface area contributed by atoms with E-state index in [0.29, 0.717) is 18.4 Å². The number of nitrogens with zero attached hydrogens (tertiary/aromatic N) is 2. The van der Waals surface area contributed by atoms with Crippen LogP contribution < -0.4 is 0 Å². The zero-order valence-corrected chi connectivity index (χ0v) is 11.4. The number of ether oxygens (including phenoxy) is 1. The number of hydrogen-bond donors (Lipinski definition) is 0. The highest BCUT2D eigenvalue weighted by molar-refractivity contribution is 5.85. The lowest BCUT2D eigenvalue weighted by atomic mass is 10.1. The van der Waals surface area contributed by atoms with E-state index < -0.39 is 0 Å². The second-order valence-electron chi connectivity index (χ2n) is 5.18. The van der Waals surface area contributed by atoms with Gasteiger partial charge in [-0.05, 0) is 38.2 Å². The van der Waals surface area contributed by atoms with Crippen molar-refractivity contribution >= 4 is 5.78 Å². The molecule has 1 fully saturated rings. The van der Waals surface area contributed by atoms with E-state index in [9.17, 15) is 4.79 Å². The largest absolute Gasteiger partial charge is 0.373 e. The van der Waals surface area contributed by atoms with Crippen LogP contribution >= 0.6 is 0 Å². The van der Waals surface area contributed by atoms with Gasteiger partial charge in [-0.25, -0.2) is 0 Å². The fourth-order valence-corrected chi connectivity index (χ4v) is 2.17. The highest BCUT2D eigenvalue weighted by atomic mass is 16.5. The third kappa shape index (κ3) is 2.99. The van der Waals surface area contributed by atoms with Gasteiger partial charge >= 0.3 is 0 Å². The molecule has 0 spiro atoms. The number of aromatic nitrogens is 2. The molecule has 2 unspecified atom stereocenters. The third-order valence-electron chi connectivity index (χ3n) is 3.68. The highest BCUT2D eigenvalue weighted by Gasteiger charge is 2.36. The standard InChI is InChI=1S/C14H22N2O2/c1-4-10(2)16-8-7-12(15-16)9-13(17)14(18-3)11-5-6-11/h7-8,10-11,14H,4-6,9H2,1-3H3. The van der Waals surface area contributed by atoms with Crippen LogP contribution in [0.1, 0.15) is 44.8 Å². The number of carbonyl (C=O) groups excluding carboxylic acids is 1. The Morgan fingerprint density at radius 3 is 2.89 bits per heavy atom. The smallest absolute Gasteiger partial charge is 0.167 e. The number of methoxy groups -OCH3 is 1. The van der Waals surface area contributed by atoms with Crippen molar-refractivity contribution in [3.63, 3.8) is 0 Å². The van der Waals surface area contributed by atoms with Gasteiger partial charge in [-0.2, -0.15) is 5.10 Å². The molecular formula is C14H22N2O2. The minimum Gasteiger partial charge on any atom is -0.373 e. The monoisotopic (exact) mass is 250 g/mol. The lowest BCUT2D eigenvalue weighted by Gasteiger charge is -2.12. The second kappa shape index (κ2) is 5.65. The maximum Gasteiger partial charge on any atom is 0.167 e. The Kier molecular flexibility index (Phi) is 4.17. The Hall–Kier alpha value is -1.16. The fraction of sp³-hybridized carbons (Fsp3) is 0.714. The molecule has 0 aliphatic heterocycles. The molecule has 18 heavy (non-hydrogen) atoms. The molecule has 100 valence electrons. The zero-order valence-electron chi connectivity index (χ0n) is 11.4. The molecule has 1 aromatic rings. The average Bonchev–Trinajstić information content (AvgIpc) is 3.08. The van der Waals surface area contributed by atoms with E-state index in [2.05, 4.69) is 18.9 Å². The first-order valence-corrected chi connectivity index (χ1v) is 6.75. The second-order valence-corrected chi connectivity index (χ2v) is 5.18. The lowest BCUT2D eigenvalue weighted by molar-refractivity contribution is -0.129. The first-order chi connectivity index (χ1) is 8.65. The van der Waals surface area contributed by atoms with Crippen LogP contribution in [-0.2, 0) is 16.0 Å². The van der Waals surface area contributed by atoms with Crippen molar-refractivity contribution in [2.24, 2.45) is 5.92 Å². The summed E-state index contributed by atoms with van der Waals surface area (Å²) in [6.45, 7) is 4.26. The summed E-state index contributed by atoms with van der Waals surface area (Å²) in [6, 6.07) is 2.32. The van der Waals surface area contributed by atoms with Crippen LogP contribution in [0.2, 0.25) is 0 Å². The van der Waals surface area contributed by atoms with E-state index in [1.165, 1.54) is 0 Å². The Balaban J connectivity index is 1.96. The van der Waals surface area contributed by atoms with Gasteiger partial charge < -0.3 is 4.74 Å². The zero-order chi connectivity index (χ0) is 13.1. The van der Waals surface area contributed by atoms with E-state index in [1.807, 2.05) is 16.9 Å². The Morgan fingerprint density at radius 2 is 2.33 bits per heavy atom. The number of rotatable bonds is 7. The first-order valence-electron chi connectivity index (χ1n) is 6.75. The topological polar surface area (TPSA) is 44.1 Å². The van der Waals surface area contributed by atoms with Gasteiger partial charge in [0.1, 0.15) is 6.10 Å². The minimum absolute atomic E-state index is 0.161. The predicted octanol–water partition coefficient (Wildman–Crippen LogP) is 2.39. The minimum atomic E-state index is -0.223. The molecule has 1 aliphatic rings. The lowest BCUT2D eigenvalue weighted by Crippen LogP contribution is -2.27. The van der Waals surface area contributed by atoms with Crippen molar-refractivity contribution in [3.8, 4) is 0 Å². The van der Waals surface area contributed by atoms with Crippen molar-refractivity contribution in [2.45, 2.75) is 51.7 Å². The van der Waals surface area contributed by atoms with Crippen molar-refractivity contribution in [2.75, 3.05) is 7.11 Å². The quantitative estimate of drug-likeness (QED) is 0.746. The predicted molar refractivity (Wildman–Crippen MR) is 69.5 cm³/mol. The van der Waals surface area contributed by atoms with E-state index in [4.69, 9.17) is 4.74 Å². The van der Waals surface area contributed by atoms with Crippen molar-refractivity contribution in [3.05, 3.63) is 18.0 Å². The van der Waals surface area contributed by atoms with Crippen LogP contribution in [0.5, 0.6) is 0 Å². The van der Waals surface area contributed by atoms with Crippen LogP contribution in [-0.4, -0.2) is 28.8 Å². The molecule has 1 heterocycles. The maximum absolute atomic E-state index is 12.1. The molecule has 4 heteroatoms. The molecule has 0 amide bonds. The van der Waals surface area contributed by atoms with Crippen LogP contribution in [0, 0.1) is 5.92 Å². The van der Waals surface area contributed by atoms with Gasteiger partial charge in [0.15, 0.2) is 5.78 Å². The van der Waals surface area contributed by atoms with Gasteiger partial charge in [0.2, 0.25) is 0 Å².